The second kappa shape index (κ2) is 7.56. The Morgan fingerprint density at radius 1 is 1.22 bits per heavy atom. The number of piperidine rings is 1. The molecular weight excluding hydrogens is 368 g/mol. The number of hydrogen-bond acceptors (Lipinski definition) is 3. The fourth-order valence-electron chi connectivity index (χ4n) is 3.60. The number of likely N-dealkylation sites (tertiary alicyclic amines) is 1. The highest BCUT2D eigenvalue weighted by atomic mass is 35.5. The molecule has 0 unspecified atom stereocenters. The third-order valence-electron chi connectivity index (χ3n) is 5.11. The van der Waals surface area contributed by atoms with E-state index >= 15 is 0 Å². The minimum Gasteiger partial charge on any atom is -0.478 e. The van der Waals surface area contributed by atoms with Gasteiger partial charge in [-0.1, -0.05) is 23.7 Å². The van der Waals surface area contributed by atoms with E-state index in [-0.39, 0.29) is 23.0 Å². The number of aryl methyl sites for hydroxylation is 1. The topological polar surface area (TPSA) is 90.5 Å². The van der Waals surface area contributed by atoms with Crippen LogP contribution < -0.4 is 5.56 Å². The van der Waals surface area contributed by atoms with E-state index in [2.05, 4.69) is 4.98 Å². The number of aromatic nitrogens is 1. The van der Waals surface area contributed by atoms with Crippen molar-refractivity contribution in [1.82, 2.24) is 9.88 Å². The zero-order valence-electron chi connectivity index (χ0n) is 15.2. The van der Waals surface area contributed by atoms with Gasteiger partial charge in [0.15, 0.2) is 0 Å². The van der Waals surface area contributed by atoms with Gasteiger partial charge in [-0.2, -0.15) is 0 Å². The first kappa shape index (κ1) is 19.2. The second-order valence-corrected chi connectivity index (χ2v) is 7.29. The minimum atomic E-state index is -0.965. The molecule has 142 valence electrons. The molecule has 1 amide bonds. The van der Waals surface area contributed by atoms with Crippen molar-refractivity contribution in [2.75, 3.05) is 13.1 Å². The largest absolute Gasteiger partial charge is 0.478 e. The Kier molecular flexibility index (Phi) is 5.37. The molecule has 2 aromatic rings. The Bertz CT molecular complexity index is 950. The Labute approximate surface area is 161 Å². The lowest BCUT2D eigenvalue weighted by Crippen LogP contribution is -2.41. The first-order valence-corrected chi connectivity index (χ1v) is 9.19. The van der Waals surface area contributed by atoms with Crippen molar-refractivity contribution >= 4 is 23.5 Å². The smallest absolute Gasteiger partial charge is 0.335 e. The summed E-state index contributed by atoms with van der Waals surface area (Å²) in [4.78, 5) is 40.7. The predicted octanol–water partition coefficient (Wildman–Crippen LogP) is 3.36. The monoisotopic (exact) mass is 388 g/mol. The van der Waals surface area contributed by atoms with Gasteiger partial charge >= 0.3 is 5.97 Å². The highest BCUT2D eigenvalue weighted by molar-refractivity contribution is 6.32. The van der Waals surface area contributed by atoms with Crippen LogP contribution in [0.15, 0.2) is 29.1 Å². The molecule has 2 N–H and O–H groups in total. The van der Waals surface area contributed by atoms with Gasteiger partial charge in [-0.15, -0.1) is 0 Å². The SMILES string of the molecule is Cc1[nH]c(=O)c(C(=O)N2CCC[C@H](c3ccc(C(=O)O)cc3)C2)c(C)c1Cl. The van der Waals surface area contributed by atoms with Crippen LogP contribution in [-0.2, 0) is 0 Å². The molecule has 1 aliphatic heterocycles. The van der Waals surface area contributed by atoms with E-state index in [1.54, 1.807) is 43.0 Å². The Hall–Kier alpha value is -2.60. The molecule has 0 radical (unpaired) electrons. The number of hydrogen-bond donors (Lipinski definition) is 2. The zero-order chi connectivity index (χ0) is 19.7. The highest BCUT2D eigenvalue weighted by Gasteiger charge is 2.28. The van der Waals surface area contributed by atoms with Crippen LogP contribution in [0, 0.1) is 13.8 Å². The number of rotatable bonds is 3. The number of carbonyl (C=O) groups is 2. The van der Waals surface area contributed by atoms with Crippen LogP contribution in [0.5, 0.6) is 0 Å². The third-order valence-corrected chi connectivity index (χ3v) is 5.68. The summed E-state index contributed by atoms with van der Waals surface area (Å²) in [6.07, 6.45) is 1.72. The second-order valence-electron chi connectivity index (χ2n) is 6.91. The standard InChI is InChI=1S/C20H21ClN2O4/c1-11-16(18(24)22-12(2)17(11)21)19(25)23-9-3-4-15(10-23)13-5-7-14(8-6-13)20(26)27/h5-8,15H,3-4,9-10H2,1-2H3,(H,22,24)(H,26,27)/t15-/m0/s1. The molecule has 0 bridgehead atoms. The summed E-state index contributed by atoms with van der Waals surface area (Å²) in [6, 6.07) is 6.74. The van der Waals surface area contributed by atoms with Crippen molar-refractivity contribution < 1.29 is 14.7 Å². The van der Waals surface area contributed by atoms with E-state index in [1.165, 1.54) is 0 Å². The van der Waals surface area contributed by atoms with Crippen molar-refractivity contribution in [3.05, 3.63) is 67.6 Å². The summed E-state index contributed by atoms with van der Waals surface area (Å²) >= 11 is 6.21. The Morgan fingerprint density at radius 2 is 1.89 bits per heavy atom. The number of aromatic carboxylic acids is 1. The normalized spacial score (nSPS) is 17.0. The zero-order valence-corrected chi connectivity index (χ0v) is 16.0. The van der Waals surface area contributed by atoms with Crippen LogP contribution in [-0.4, -0.2) is 40.0 Å². The molecule has 1 fully saturated rings. The van der Waals surface area contributed by atoms with E-state index in [4.69, 9.17) is 16.7 Å². The van der Waals surface area contributed by atoms with Gasteiger partial charge < -0.3 is 15.0 Å². The quantitative estimate of drug-likeness (QED) is 0.843. The fraction of sp³-hybridized carbons (Fsp3) is 0.350. The van der Waals surface area contributed by atoms with E-state index in [9.17, 15) is 14.4 Å². The van der Waals surface area contributed by atoms with Crippen molar-refractivity contribution in [2.24, 2.45) is 0 Å². The van der Waals surface area contributed by atoms with Gasteiger partial charge in [0.25, 0.3) is 11.5 Å². The number of nitrogens with one attached hydrogen (secondary N) is 1. The van der Waals surface area contributed by atoms with Gasteiger partial charge in [0.2, 0.25) is 0 Å². The lowest BCUT2D eigenvalue weighted by Gasteiger charge is -2.33. The van der Waals surface area contributed by atoms with Gasteiger partial charge in [0, 0.05) is 24.7 Å². The van der Waals surface area contributed by atoms with Crippen LogP contribution in [0.3, 0.4) is 0 Å². The summed E-state index contributed by atoms with van der Waals surface area (Å²) in [6.45, 7) is 4.44. The number of nitrogens with zero attached hydrogens (tertiary/aromatic N) is 1. The van der Waals surface area contributed by atoms with Crippen LogP contribution in [0.25, 0.3) is 0 Å². The number of carboxylic acids is 1. The first-order chi connectivity index (χ1) is 12.8. The van der Waals surface area contributed by atoms with Crippen molar-refractivity contribution in [3.8, 4) is 0 Å². The maximum absolute atomic E-state index is 13.0. The summed E-state index contributed by atoms with van der Waals surface area (Å²) in [7, 11) is 0. The average Bonchev–Trinajstić information content (AvgIpc) is 2.66. The van der Waals surface area contributed by atoms with Crippen LogP contribution in [0.4, 0.5) is 0 Å². The number of H-pyrrole nitrogens is 1. The molecule has 3 rings (SSSR count). The fourth-order valence-corrected chi connectivity index (χ4v) is 3.74. The lowest BCUT2D eigenvalue weighted by atomic mass is 9.89. The van der Waals surface area contributed by atoms with Gasteiger partial charge in [-0.3, -0.25) is 9.59 Å². The molecule has 0 saturated carbocycles. The molecular formula is C20H21ClN2O4. The van der Waals surface area contributed by atoms with Crippen molar-refractivity contribution in [2.45, 2.75) is 32.6 Å². The molecule has 1 saturated heterocycles. The van der Waals surface area contributed by atoms with E-state index < -0.39 is 11.5 Å². The summed E-state index contributed by atoms with van der Waals surface area (Å²) < 4.78 is 0. The van der Waals surface area contributed by atoms with Gasteiger partial charge in [0.1, 0.15) is 5.56 Å². The van der Waals surface area contributed by atoms with E-state index in [1.807, 2.05) is 0 Å². The number of pyridine rings is 1. The molecule has 7 heteroatoms. The lowest BCUT2D eigenvalue weighted by molar-refractivity contribution is 0.0693. The average molecular weight is 389 g/mol. The molecule has 1 aromatic heterocycles. The summed E-state index contributed by atoms with van der Waals surface area (Å²) in [5.41, 5.74) is 1.94. The summed E-state index contributed by atoms with van der Waals surface area (Å²) in [5, 5.41) is 9.42. The Balaban J connectivity index is 1.84. The number of benzene rings is 1. The molecule has 6 nitrogen and oxygen atoms in total. The van der Waals surface area contributed by atoms with E-state index in [0.29, 0.717) is 29.4 Å². The molecule has 1 aliphatic rings. The third kappa shape index (κ3) is 3.76. The minimum absolute atomic E-state index is 0.0903. The molecule has 27 heavy (non-hydrogen) atoms. The number of aromatic amines is 1. The Morgan fingerprint density at radius 3 is 2.52 bits per heavy atom. The predicted molar refractivity (Wildman–Crippen MR) is 103 cm³/mol. The number of amides is 1. The van der Waals surface area contributed by atoms with Gasteiger partial charge in [-0.05, 0) is 49.9 Å². The van der Waals surface area contributed by atoms with Gasteiger partial charge in [-0.25, -0.2) is 4.79 Å². The first-order valence-electron chi connectivity index (χ1n) is 8.81. The summed E-state index contributed by atoms with van der Waals surface area (Å²) in [5.74, 6) is -1.18. The van der Waals surface area contributed by atoms with Gasteiger partial charge in [0.05, 0.1) is 10.6 Å². The molecule has 0 spiro atoms. The number of halogens is 1. The molecule has 1 aromatic carbocycles. The highest BCUT2D eigenvalue weighted by Crippen LogP contribution is 2.29. The van der Waals surface area contributed by atoms with Crippen molar-refractivity contribution in [1.29, 1.82) is 0 Å². The van der Waals surface area contributed by atoms with Crippen LogP contribution >= 0.6 is 11.6 Å². The maximum Gasteiger partial charge on any atom is 0.335 e. The van der Waals surface area contributed by atoms with Crippen LogP contribution in [0.2, 0.25) is 5.02 Å². The molecule has 1 atom stereocenters. The number of carbonyl (C=O) groups excluding carboxylic acids is 1. The van der Waals surface area contributed by atoms with E-state index in [0.717, 1.165) is 18.4 Å². The molecule has 2 heterocycles. The number of carboxylic acid groups (broad SMARTS) is 1. The van der Waals surface area contributed by atoms with Crippen LogP contribution in [0.1, 0.15) is 56.3 Å². The maximum atomic E-state index is 13.0. The van der Waals surface area contributed by atoms with Crippen molar-refractivity contribution in [3.63, 3.8) is 0 Å². The molecule has 0 aliphatic carbocycles.